The van der Waals surface area contributed by atoms with Gasteiger partial charge in [-0.1, -0.05) is 11.6 Å². The molecular weight excluding hydrogens is 328 g/mol. The quantitative estimate of drug-likeness (QED) is 0.741. The normalized spacial score (nSPS) is 12.3. The molecule has 0 bridgehead atoms. The van der Waals surface area contributed by atoms with Crippen LogP contribution in [-0.4, -0.2) is 20.7 Å². The Bertz CT molecular complexity index is 1020. The summed E-state index contributed by atoms with van der Waals surface area (Å²) in [4.78, 5) is 27.4. The maximum Gasteiger partial charge on any atom is 0.251 e. The first kappa shape index (κ1) is 17.9. The minimum Gasteiger partial charge on any atom is -0.349 e. The van der Waals surface area contributed by atoms with Gasteiger partial charge in [-0.3, -0.25) is 14.3 Å². The molecule has 2 heterocycles. The minimum atomic E-state index is -0.134. The highest BCUT2D eigenvalue weighted by atomic mass is 16.1. The predicted molar refractivity (Wildman–Crippen MR) is 102 cm³/mol. The van der Waals surface area contributed by atoms with Crippen LogP contribution in [-0.2, 0) is 18.3 Å². The third kappa shape index (κ3) is 3.85. The highest BCUT2D eigenvalue weighted by Crippen LogP contribution is 2.16. The van der Waals surface area contributed by atoms with E-state index in [0.717, 1.165) is 27.7 Å². The largest absolute Gasteiger partial charge is 0.349 e. The van der Waals surface area contributed by atoms with Crippen molar-refractivity contribution in [3.05, 3.63) is 63.2 Å². The molecule has 1 aromatic carbocycles. The summed E-state index contributed by atoms with van der Waals surface area (Å²) in [5.41, 5.74) is 4.35. The van der Waals surface area contributed by atoms with E-state index in [2.05, 4.69) is 15.4 Å². The highest BCUT2D eigenvalue weighted by molar-refractivity contribution is 5.80. The van der Waals surface area contributed by atoms with Crippen LogP contribution in [0.2, 0.25) is 0 Å². The molecule has 26 heavy (non-hydrogen) atoms. The molecule has 3 aromatic rings. The van der Waals surface area contributed by atoms with Crippen LogP contribution in [0.1, 0.15) is 41.8 Å². The molecule has 0 saturated heterocycles. The van der Waals surface area contributed by atoms with E-state index < -0.39 is 0 Å². The van der Waals surface area contributed by atoms with Crippen molar-refractivity contribution < 1.29 is 4.79 Å². The molecule has 6 heteroatoms. The van der Waals surface area contributed by atoms with Gasteiger partial charge in [-0.15, -0.1) is 0 Å². The van der Waals surface area contributed by atoms with Crippen molar-refractivity contribution in [2.45, 2.75) is 39.7 Å². The van der Waals surface area contributed by atoms with E-state index in [1.54, 1.807) is 4.68 Å². The number of hydrogen-bond acceptors (Lipinski definition) is 3. The standard InChI is InChI=1S/C20H24N4O2/c1-12-5-7-18-16(9-12)10-15(20(26)22-18)6-8-19(25)21-13(2)17-11-24(4)23-14(17)3/h5,7,9-11,13H,6,8H2,1-4H3,(H,21,25)(H,22,26)/t13-/m1/s1. The summed E-state index contributed by atoms with van der Waals surface area (Å²) < 4.78 is 1.74. The Labute approximate surface area is 152 Å². The number of amides is 1. The first-order chi connectivity index (χ1) is 12.3. The van der Waals surface area contributed by atoms with E-state index in [-0.39, 0.29) is 23.9 Å². The number of hydrogen-bond donors (Lipinski definition) is 2. The van der Waals surface area contributed by atoms with Gasteiger partial charge in [0.25, 0.3) is 5.56 Å². The Kier molecular flexibility index (Phi) is 4.93. The summed E-state index contributed by atoms with van der Waals surface area (Å²) in [7, 11) is 1.86. The topological polar surface area (TPSA) is 79.8 Å². The van der Waals surface area contributed by atoms with Crippen molar-refractivity contribution >= 4 is 16.8 Å². The number of nitrogens with one attached hydrogen (secondary N) is 2. The number of carbonyl (C=O) groups is 1. The Morgan fingerprint density at radius 2 is 2.08 bits per heavy atom. The summed E-state index contributed by atoms with van der Waals surface area (Å²) >= 11 is 0. The molecule has 3 rings (SSSR count). The lowest BCUT2D eigenvalue weighted by atomic mass is 10.1. The second-order valence-electron chi connectivity index (χ2n) is 6.85. The molecule has 1 amide bonds. The van der Waals surface area contributed by atoms with Gasteiger partial charge in [0.1, 0.15) is 0 Å². The average Bonchev–Trinajstić information content (AvgIpc) is 2.92. The average molecular weight is 352 g/mol. The molecule has 2 aromatic heterocycles. The van der Waals surface area contributed by atoms with Crippen LogP contribution in [0.3, 0.4) is 0 Å². The molecule has 0 aliphatic heterocycles. The molecule has 2 N–H and O–H groups in total. The van der Waals surface area contributed by atoms with Gasteiger partial charge < -0.3 is 10.3 Å². The molecule has 0 radical (unpaired) electrons. The number of aromatic nitrogens is 3. The predicted octanol–water partition coefficient (Wildman–Crippen LogP) is 2.69. The van der Waals surface area contributed by atoms with Crippen LogP contribution in [0, 0.1) is 13.8 Å². The van der Waals surface area contributed by atoms with Crippen molar-refractivity contribution in [1.29, 1.82) is 0 Å². The molecular formula is C20H24N4O2. The number of H-pyrrole nitrogens is 1. The Morgan fingerprint density at radius 3 is 2.77 bits per heavy atom. The Hall–Kier alpha value is -2.89. The Balaban J connectivity index is 1.67. The molecule has 0 unspecified atom stereocenters. The van der Waals surface area contributed by atoms with E-state index in [0.29, 0.717) is 12.0 Å². The third-order valence-electron chi connectivity index (χ3n) is 4.59. The lowest BCUT2D eigenvalue weighted by Crippen LogP contribution is -2.27. The summed E-state index contributed by atoms with van der Waals surface area (Å²) in [6, 6.07) is 7.66. The van der Waals surface area contributed by atoms with Crippen molar-refractivity contribution in [2.24, 2.45) is 7.05 Å². The SMILES string of the molecule is Cc1ccc2[nH]c(=O)c(CCC(=O)N[C@H](C)c3cn(C)nc3C)cc2c1. The zero-order chi connectivity index (χ0) is 18.8. The monoisotopic (exact) mass is 352 g/mol. The lowest BCUT2D eigenvalue weighted by Gasteiger charge is -2.13. The third-order valence-corrected chi connectivity index (χ3v) is 4.59. The number of rotatable bonds is 5. The van der Waals surface area contributed by atoms with Gasteiger partial charge in [-0.25, -0.2) is 0 Å². The summed E-state index contributed by atoms with van der Waals surface area (Å²) in [6.07, 6.45) is 2.59. The zero-order valence-corrected chi connectivity index (χ0v) is 15.6. The fourth-order valence-electron chi connectivity index (χ4n) is 3.24. The molecule has 1 atom stereocenters. The fourth-order valence-corrected chi connectivity index (χ4v) is 3.24. The van der Waals surface area contributed by atoms with Crippen LogP contribution >= 0.6 is 0 Å². The first-order valence-electron chi connectivity index (χ1n) is 8.75. The zero-order valence-electron chi connectivity index (χ0n) is 15.6. The first-order valence-corrected chi connectivity index (χ1v) is 8.75. The number of benzene rings is 1. The fraction of sp³-hybridized carbons (Fsp3) is 0.350. The molecule has 0 aliphatic carbocycles. The number of aromatic amines is 1. The smallest absolute Gasteiger partial charge is 0.251 e. The lowest BCUT2D eigenvalue weighted by molar-refractivity contribution is -0.121. The van der Waals surface area contributed by atoms with Gasteiger partial charge in [0.2, 0.25) is 5.91 Å². The van der Waals surface area contributed by atoms with Crippen LogP contribution in [0.15, 0.2) is 35.3 Å². The van der Waals surface area contributed by atoms with Crippen molar-refractivity contribution in [3.63, 3.8) is 0 Å². The highest BCUT2D eigenvalue weighted by Gasteiger charge is 2.15. The molecule has 0 spiro atoms. The summed E-state index contributed by atoms with van der Waals surface area (Å²) in [5, 5.41) is 8.27. The number of aryl methyl sites for hydroxylation is 4. The number of pyridine rings is 1. The van der Waals surface area contributed by atoms with Gasteiger partial charge >= 0.3 is 0 Å². The number of nitrogens with zero attached hydrogens (tertiary/aromatic N) is 2. The van der Waals surface area contributed by atoms with E-state index in [4.69, 9.17) is 0 Å². The number of carbonyl (C=O) groups excluding carboxylic acids is 1. The van der Waals surface area contributed by atoms with E-state index in [9.17, 15) is 9.59 Å². The van der Waals surface area contributed by atoms with Crippen molar-refractivity contribution in [2.75, 3.05) is 0 Å². The second kappa shape index (κ2) is 7.15. The molecule has 0 saturated carbocycles. The minimum absolute atomic E-state index is 0.0792. The van der Waals surface area contributed by atoms with E-state index in [1.807, 2.05) is 58.3 Å². The van der Waals surface area contributed by atoms with Gasteiger partial charge in [0.15, 0.2) is 0 Å². The van der Waals surface area contributed by atoms with Crippen molar-refractivity contribution in [1.82, 2.24) is 20.1 Å². The Morgan fingerprint density at radius 1 is 1.31 bits per heavy atom. The summed E-state index contributed by atoms with van der Waals surface area (Å²) in [5.74, 6) is -0.0792. The van der Waals surface area contributed by atoms with Crippen LogP contribution < -0.4 is 10.9 Å². The van der Waals surface area contributed by atoms with E-state index in [1.165, 1.54) is 0 Å². The maximum atomic E-state index is 12.3. The van der Waals surface area contributed by atoms with Gasteiger partial charge in [0.05, 0.1) is 11.7 Å². The van der Waals surface area contributed by atoms with Gasteiger partial charge in [0, 0.05) is 36.3 Å². The maximum absolute atomic E-state index is 12.3. The van der Waals surface area contributed by atoms with Crippen molar-refractivity contribution in [3.8, 4) is 0 Å². The molecule has 0 fully saturated rings. The van der Waals surface area contributed by atoms with Gasteiger partial charge in [-0.2, -0.15) is 5.10 Å². The molecule has 0 aliphatic rings. The number of fused-ring (bicyclic) bond motifs is 1. The van der Waals surface area contributed by atoms with Gasteiger partial charge in [-0.05, 0) is 50.8 Å². The molecule has 6 nitrogen and oxygen atoms in total. The van der Waals surface area contributed by atoms with Crippen LogP contribution in [0.25, 0.3) is 10.9 Å². The van der Waals surface area contributed by atoms with Crippen LogP contribution in [0.4, 0.5) is 0 Å². The van der Waals surface area contributed by atoms with E-state index >= 15 is 0 Å². The molecule has 136 valence electrons. The van der Waals surface area contributed by atoms with Crippen LogP contribution in [0.5, 0.6) is 0 Å². The summed E-state index contributed by atoms with van der Waals surface area (Å²) in [6.45, 7) is 5.88. The second-order valence-corrected chi connectivity index (χ2v) is 6.85.